The van der Waals surface area contributed by atoms with Crippen LogP contribution < -0.4 is 5.32 Å². The van der Waals surface area contributed by atoms with Crippen LogP contribution in [0.5, 0.6) is 0 Å². The van der Waals surface area contributed by atoms with Gasteiger partial charge in [0.1, 0.15) is 0 Å². The Hall–Kier alpha value is -1.91. The van der Waals surface area contributed by atoms with Gasteiger partial charge in [-0.1, -0.05) is 19.3 Å². The summed E-state index contributed by atoms with van der Waals surface area (Å²) in [4.78, 5) is 27.2. The highest BCUT2D eigenvalue weighted by atomic mass is 16.4. The summed E-state index contributed by atoms with van der Waals surface area (Å²) >= 11 is 0. The van der Waals surface area contributed by atoms with E-state index in [1.807, 2.05) is 0 Å². The van der Waals surface area contributed by atoms with Crippen LogP contribution in [-0.2, 0) is 0 Å². The molecular weight excluding hydrogens is 268 g/mol. The zero-order valence-corrected chi connectivity index (χ0v) is 12.0. The molecule has 0 bridgehead atoms. The van der Waals surface area contributed by atoms with Crippen molar-refractivity contribution in [3.63, 3.8) is 0 Å². The van der Waals surface area contributed by atoms with E-state index in [-0.39, 0.29) is 17.0 Å². The maximum atomic E-state index is 12.4. The maximum Gasteiger partial charge on any atom is 0.337 e. The standard InChI is InChI=1S/C16H20N2O3/c19-14(11-8-12(15(20)21)10-17-9-11)18-16(6-7-16)13-4-2-1-3-5-13/h8-10,13H,1-7H2,(H,18,19)(H,20,21). The van der Waals surface area contributed by atoms with Crippen molar-refractivity contribution < 1.29 is 14.7 Å². The summed E-state index contributed by atoms with van der Waals surface area (Å²) in [5, 5.41) is 12.1. The van der Waals surface area contributed by atoms with Gasteiger partial charge in [-0.25, -0.2) is 4.79 Å². The van der Waals surface area contributed by atoms with Gasteiger partial charge in [-0.3, -0.25) is 9.78 Å². The Morgan fingerprint density at radius 1 is 1.14 bits per heavy atom. The first kappa shape index (κ1) is 14.0. The van der Waals surface area contributed by atoms with Crippen LogP contribution in [0.25, 0.3) is 0 Å². The van der Waals surface area contributed by atoms with E-state index in [1.54, 1.807) is 0 Å². The third-order valence-corrected chi connectivity index (χ3v) is 4.79. The minimum Gasteiger partial charge on any atom is -0.478 e. The van der Waals surface area contributed by atoms with Crippen LogP contribution in [-0.4, -0.2) is 27.5 Å². The summed E-state index contributed by atoms with van der Waals surface area (Å²) in [5.74, 6) is -0.690. The summed E-state index contributed by atoms with van der Waals surface area (Å²) in [6, 6.07) is 1.39. The predicted octanol–water partition coefficient (Wildman–Crippen LogP) is 2.62. The zero-order chi connectivity index (χ0) is 14.9. The van der Waals surface area contributed by atoms with E-state index in [2.05, 4.69) is 10.3 Å². The molecule has 0 atom stereocenters. The zero-order valence-electron chi connectivity index (χ0n) is 12.0. The topological polar surface area (TPSA) is 79.3 Å². The molecule has 2 aliphatic carbocycles. The van der Waals surface area contributed by atoms with Crippen LogP contribution in [0.3, 0.4) is 0 Å². The van der Waals surface area contributed by atoms with Crippen LogP contribution in [0.1, 0.15) is 65.7 Å². The molecule has 0 spiro atoms. The highest BCUT2D eigenvalue weighted by Crippen LogP contribution is 2.48. The monoisotopic (exact) mass is 288 g/mol. The summed E-state index contributed by atoms with van der Waals surface area (Å²) in [6.07, 6.45) is 10.9. The van der Waals surface area contributed by atoms with Gasteiger partial charge >= 0.3 is 5.97 Å². The first-order chi connectivity index (χ1) is 10.1. The maximum absolute atomic E-state index is 12.4. The Morgan fingerprint density at radius 3 is 2.43 bits per heavy atom. The average molecular weight is 288 g/mol. The molecule has 21 heavy (non-hydrogen) atoms. The third kappa shape index (κ3) is 2.91. The minimum atomic E-state index is -1.06. The van der Waals surface area contributed by atoms with Crippen LogP contribution in [0, 0.1) is 5.92 Å². The van der Waals surface area contributed by atoms with Gasteiger partial charge < -0.3 is 10.4 Å². The number of aromatic nitrogens is 1. The molecule has 3 rings (SSSR count). The predicted molar refractivity (Wildman–Crippen MR) is 77.2 cm³/mol. The van der Waals surface area contributed by atoms with Gasteiger partial charge in [-0.2, -0.15) is 0 Å². The van der Waals surface area contributed by atoms with Crippen LogP contribution in [0.4, 0.5) is 0 Å². The van der Waals surface area contributed by atoms with Crippen LogP contribution in [0.15, 0.2) is 18.5 Å². The van der Waals surface area contributed by atoms with Gasteiger partial charge in [-0.15, -0.1) is 0 Å². The Morgan fingerprint density at radius 2 is 1.81 bits per heavy atom. The first-order valence-corrected chi connectivity index (χ1v) is 7.62. The number of pyridine rings is 1. The van der Waals surface area contributed by atoms with E-state index in [0.29, 0.717) is 11.5 Å². The van der Waals surface area contributed by atoms with Gasteiger partial charge in [0.2, 0.25) is 0 Å². The summed E-state index contributed by atoms with van der Waals surface area (Å²) in [5.41, 5.74) is 0.332. The van der Waals surface area contributed by atoms with Crippen molar-refractivity contribution in [2.45, 2.75) is 50.5 Å². The third-order valence-electron chi connectivity index (χ3n) is 4.79. The number of nitrogens with zero attached hydrogens (tertiary/aromatic N) is 1. The highest BCUT2D eigenvalue weighted by Gasteiger charge is 2.50. The number of carbonyl (C=O) groups excluding carboxylic acids is 1. The molecule has 0 saturated heterocycles. The van der Waals surface area contributed by atoms with Gasteiger partial charge in [-0.05, 0) is 37.7 Å². The summed E-state index contributed by atoms with van der Waals surface area (Å²) < 4.78 is 0. The molecule has 2 saturated carbocycles. The quantitative estimate of drug-likeness (QED) is 0.892. The fourth-order valence-electron chi connectivity index (χ4n) is 3.40. The van der Waals surface area contributed by atoms with E-state index in [1.165, 1.54) is 50.6 Å². The number of carbonyl (C=O) groups is 2. The van der Waals surface area contributed by atoms with Crippen LogP contribution in [0.2, 0.25) is 0 Å². The summed E-state index contributed by atoms with van der Waals surface area (Å²) in [6.45, 7) is 0. The van der Waals surface area contributed by atoms with E-state index in [4.69, 9.17) is 5.11 Å². The molecule has 0 aromatic carbocycles. The lowest BCUT2D eigenvalue weighted by Gasteiger charge is -2.31. The largest absolute Gasteiger partial charge is 0.478 e. The van der Waals surface area contributed by atoms with E-state index < -0.39 is 5.97 Å². The van der Waals surface area contributed by atoms with Crippen molar-refractivity contribution in [3.05, 3.63) is 29.6 Å². The van der Waals surface area contributed by atoms with Crippen LogP contribution >= 0.6 is 0 Å². The van der Waals surface area contributed by atoms with Gasteiger partial charge in [0.25, 0.3) is 5.91 Å². The molecule has 0 aliphatic heterocycles. The first-order valence-electron chi connectivity index (χ1n) is 7.62. The molecule has 0 unspecified atom stereocenters. The number of carboxylic acids is 1. The lowest BCUT2D eigenvalue weighted by molar-refractivity contribution is 0.0696. The molecule has 2 N–H and O–H groups in total. The lowest BCUT2D eigenvalue weighted by Crippen LogP contribution is -2.43. The molecule has 1 aromatic heterocycles. The van der Waals surface area contributed by atoms with E-state index in [0.717, 1.165) is 12.8 Å². The number of nitrogens with one attached hydrogen (secondary N) is 1. The summed E-state index contributed by atoms with van der Waals surface area (Å²) in [7, 11) is 0. The van der Waals surface area contributed by atoms with Crippen molar-refractivity contribution in [2.75, 3.05) is 0 Å². The second-order valence-corrected chi connectivity index (χ2v) is 6.21. The highest BCUT2D eigenvalue weighted by molar-refractivity contribution is 5.97. The second kappa shape index (κ2) is 5.47. The van der Waals surface area contributed by atoms with Gasteiger partial charge in [0.15, 0.2) is 0 Å². The molecule has 1 amide bonds. The molecule has 1 aromatic rings. The van der Waals surface area contributed by atoms with E-state index in [9.17, 15) is 9.59 Å². The Balaban J connectivity index is 1.71. The van der Waals surface area contributed by atoms with Gasteiger partial charge in [0.05, 0.1) is 11.1 Å². The normalized spacial score (nSPS) is 20.8. The van der Waals surface area contributed by atoms with Crippen molar-refractivity contribution in [1.29, 1.82) is 0 Å². The van der Waals surface area contributed by atoms with Gasteiger partial charge in [0, 0.05) is 17.9 Å². The molecular formula is C16H20N2O3. The lowest BCUT2D eigenvalue weighted by atomic mass is 9.82. The minimum absolute atomic E-state index is 0.0449. The molecule has 5 heteroatoms. The van der Waals surface area contributed by atoms with Crippen molar-refractivity contribution in [2.24, 2.45) is 5.92 Å². The van der Waals surface area contributed by atoms with E-state index >= 15 is 0 Å². The number of aromatic carboxylic acids is 1. The number of amides is 1. The smallest absolute Gasteiger partial charge is 0.337 e. The van der Waals surface area contributed by atoms with Crippen molar-refractivity contribution in [1.82, 2.24) is 10.3 Å². The molecule has 2 aliphatic rings. The Labute approximate surface area is 123 Å². The fourth-order valence-corrected chi connectivity index (χ4v) is 3.40. The Bertz CT molecular complexity index is 560. The molecule has 2 fully saturated rings. The average Bonchev–Trinajstić information content (AvgIpc) is 3.29. The van der Waals surface area contributed by atoms with Crippen molar-refractivity contribution >= 4 is 11.9 Å². The molecule has 5 nitrogen and oxygen atoms in total. The Kier molecular flexibility index (Phi) is 3.66. The SMILES string of the molecule is O=C(O)c1cncc(C(=O)NC2(C3CCCCC3)CC2)c1. The fraction of sp³-hybridized carbons (Fsp3) is 0.562. The van der Waals surface area contributed by atoms with Crippen molar-refractivity contribution in [3.8, 4) is 0 Å². The number of hydrogen-bond acceptors (Lipinski definition) is 3. The second-order valence-electron chi connectivity index (χ2n) is 6.21. The molecule has 0 radical (unpaired) electrons. The number of rotatable bonds is 4. The number of hydrogen-bond donors (Lipinski definition) is 2. The molecule has 112 valence electrons. The molecule has 1 heterocycles. The number of carboxylic acid groups (broad SMARTS) is 1.